The van der Waals surface area contributed by atoms with E-state index in [0.717, 1.165) is 17.2 Å². The molecule has 110 valence electrons. The van der Waals surface area contributed by atoms with Crippen LogP contribution in [0.1, 0.15) is 16.8 Å². The number of nitrogens with two attached hydrogens (primary N) is 1. The highest BCUT2D eigenvalue weighted by Gasteiger charge is 2.38. The molecule has 1 saturated heterocycles. The molecule has 10 heteroatoms. The minimum atomic E-state index is -1.38. The van der Waals surface area contributed by atoms with Crippen molar-refractivity contribution in [2.24, 2.45) is 11.7 Å². The van der Waals surface area contributed by atoms with Crippen molar-refractivity contribution < 1.29 is 24.4 Å². The Hall–Kier alpha value is -3.04. The average molecular weight is 294 g/mol. The van der Waals surface area contributed by atoms with E-state index >= 15 is 0 Å². The van der Waals surface area contributed by atoms with Gasteiger partial charge in [0.05, 0.1) is 16.4 Å². The Bertz CT molecular complexity index is 658. The predicted molar refractivity (Wildman–Crippen MR) is 67.5 cm³/mol. The van der Waals surface area contributed by atoms with Crippen molar-refractivity contribution in [1.29, 1.82) is 0 Å². The molecule has 0 radical (unpaired) electrons. The lowest BCUT2D eigenvalue weighted by atomic mass is 10.1. The van der Waals surface area contributed by atoms with Crippen molar-refractivity contribution in [1.82, 2.24) is 4.98 Å². The number of carbonyl (C=O) groups is 3. The number of hydrogen-bond donors (Lipinski definition) is 2. The lowest BCUT2D eigenvalue weighted by Gasteiger charge is -2.15. The second-order valence-corrected chi connectivity index (χ2v) is 4.44. The highest BCUT2D eigenvalue weighted by Crippen LogP contribution is 2.31. The molecule has 0 bridgehead atoms. The molecule has 0 aromatic carbocycles. The number of carboxylic acid groups (broad SMARTS) is 1. The third-order valence-electron chi connectivity index (χ3n) is 3.07. The van der Waals surface area contributed by atoms with E-state index in [0.29, 0.717) is 0 Å². The van der Waals surface area contributed by atoms with Crippen molar-refractivity contribution in [3.8, 4) is 0 Å². The number of nitrogens with zero attached hydrogens (tertiary/aromatic N) is 3. The maximum Gasteiger partial charge on any atom is 0.337 e. The van der Waals surface area contributed by atoms with Crippen LogP contribution in [-0.4, -0.2) is 39.3 Å². The molecule has 1 atom stereocenters. The van der Waals surface area contributed by atoms with E-state index in [4.69, 9.17) is 10.8 Å². The summed E-state index contributed by atoms with van der Waals surface area (Å²) in [7, 11) is 0. The van der Waals surface area contributed by atoms with Crippen LogP contribution in [0.4, 0.5) is 11.5 Å². The number of anilines is 1. The first-order chi connectivity index (χ1) is 9.81. The number of nitro groups is 1. The number of carbonyl (C=O) groups excluding carboxylic acids is 2. The topological polar surface area (TPSA) is 157 Å². The standard InChI is InChI=1S/C11H10N4O6/c12-9(17)6-2-8(16)14(4-6)10-7(15(20)21)1-5(3-13-10)11(18)19/h1,3,6H,2,4H2,(H2,12,17)(H,18,19). The average Bonchev–Trinajstić information content (AvgIpc) is 2.80. The fourth-order valence-electron chi connectivity index (χ4n) is 2.01. The van der Waals surface area contributed by atoms with Gasteiger partial charge in [-0.15, -0.1) is 0 Å². The summed E-state index contributed by atoms with van der Waals surface area (Å²) < 4.78 is 0. The number of carboxylic acids is 1. The van der Waals surface area contributed by atoms with Crippen LogP contribution in [0.2, 0.25) is 0 Å². The maximum atomic E-state index is 11.8. The second kappa shape index (κ2) is 5.15. The highest BCUT2D eigenvalue weighted by molar-refractivity contribution is 6.01. The van der Waals surface area contributed by atoms with Gasteiger partial charge in [0.2, 0.25) is 17.6 Å². The van der Waals surface area contributed by atoms with Crippen molar-refractivity contribution in [3.63, 3.8) is 0 Å². The van der Waals surface area contributed by atoms with Gasteiger partial charge in [-0.05, 0) is 0 Å². The van der Waals surface area contributed by atoms with Gasteiger partial charge in [0.15, 0.2) is 0 Å². The summed E-state index contributed by atoms with van der Waals surface area (Å²) in [6, 6.07) is 0.815. The molecule has 1 aromatic heterocycles. The van der Waals surface area contributed by atoms with Crippen LogP contribution in [0.3, 0.4) is 0 Å². The Morgan fingerprint density at radius 2 is 2.19 bits per heavy atom. The third kappa shape index (κ3) is 2.63. The molecular weight excluding hydrogens is 284 g/mol. The number of pyridine rings is 1. The monoisotopic (exact) mass is 294 g/mol. The Morgan fingerprint density at radius 1 is 1.52 bits per heavy atom. The van der Waals surface area contributed by atoms with E-state index in [1.807, 2.05) is 0 Å². The van der Waals surface area contributed by atoms with Crippen molar-refractivity contribution >= 4 is 29.3 Å². The summed E-state index contributed by atoms with van der Waals surface area (Å²) in [6.07, 6.45) is 0.754. The SMILES string of the molecule is NC(=O)C1CC(=O)N(c2ncc(C(=O)O)cc2[N+](=O)[O-])C1. The quantitative estimate of drug-likeness (QED) is 0.561. The number of hydrogen-bond acceptors (Lipinski definition) is 6. The van der Waals surface area contributed by atoms with E-state index in [9.17, 15) is 24.5 Å². The van der Waals surface area contributed by atoms with Crippen LogP contribution < -0.4 is 10.6 Å². The molecule has 1 unspecified atom stereocenters. The van der Waals surface area contributed by atoms with Gasteiger partial charge in [-0.1, -0.05) is 0 Å². The van der Waals surface area contributed by atoms with Crippen molar-refractivity contribution in [3.05, 3.63) is 27.9 Å². The van der Waals surface area contributed by atoms with E-state index in [1.165, 1.54) is 0 Å². The van der Waals surface area contributed by atoms with Gasteiger partial charge >= 0.3 is 11.7 Å². The zero-order valence-corrected chi connectivity index (χ0v) is 10.6. The van der Waals surface area contributed by atoms with E-state index < -0.39 is 34.3 Å². The van der Waals surface area contributed by atoms with Crippen LogP contribution in [0.25, 0.3) is 0 Å². The summed E-state index contributed by atoms with van der Waals surface area (Å²) in [6.45, 7) is -0.117. The molecule has 3 N–H and O–H groups in total. The van der Waals surface area contributed by atoms with Gasteiger partial charge in [-0.2, -0.15) is 0 Å². The van der Waals surface area contributed by atoms with Crippen molar-refractivity contribution in [2.45, 2.75) is 6.42 Å². The first-order valence-corrected chi connectivity index (χ1v) is 5.78. The zero-order chi connectivity index (χ0) is 15.7. The highest BCUT2D eigenvalue weighted by atomic mass is 16.6. The van der Waals surface area contributed by atoms with Gasteiger partial charge in [0, 0.05) is 25.2 Å². The summed E-state index contributed by atoms with van der Waals surface area (Å²) in [5.41, 5.74) is 4.12. The molecule has 21 heavy (non-hydrogen) atoms. The number of aromatic carboxylic acids is 1. The number of primary amides is 1. The Kier molecular flexibility index (Phi) is 3.52. The Labute approximate surface area is 117 Å². The van der Waals surface area contributed by atoms with Crippen molar-refractivity contribution in [2.75, 3.05) is 11.4 Å². The molecule has 0 aliphatic carbocycles. The molecule has 0 spiro atoms. The van der Waals surface area contributed by atoms with Gasteiger partial charge in [-0.25, -0.2) is 9.78 Å². The van der Waals surface area contributed by atoms with E-state index in [2.05, 4.69) is 4.98 Å². The smallest absolute Gasteiger partial charge is 0.337 e. The normalized spacial score (nSPS) is 17.8. The van der Waals surface area contributed by atoms with Crippen LogP contribution in [0.5, 0.6) is 0 Å². The molecule has 2 amide bonds. The number of aromatic nitrogens is 1. The molecule has 2 rings (SSSR count). The van der Waals surface area contributed by atoms with E-state index in [-0.39, 0.29) is 24.3 Å². The molecule has 1 aliphatic heterocycles. The predicted octanol–water partition coefficient (Wildman–Crippen LogP) is -0.474. The first kappa shape index (κ1) is 14.4. The minimum absolute atomic E-state index is 0.117. The number of rotatable bonds is 4. The molecule has 2 heterocycles. The minimum Gasteiger partial charge on any atom is -0.478 e. The van der Waals surface area contributed by atoms with Gasteiger partial charge < -0.3 is 10.8 Å². The molecular formula is C11H10N4O6. The maximum absolute atomic E-state index is 11.8. The van der Waals surface area contributed by atoms with Gasteiger partial charge in [0.1, 0.15) is 0 Å². The Morgan fingerprint density at radius 3 is 2.67 bits per heavy atom. The van der Waals surface area contributed by atoms with Crippen LogP contribution >= 0.6 is 0 Å². The summed E-state index contributed by atoms with van der Waals surface area (Å²) in [5.74, 6) is -3.63. The fourth-order valence-corrected chi connectivity index (χ4v) is 2.01. The lowest BCUT2D eigenvalue weighted by molar-refractivity contribution is -0.384. The van der Waals surface area contributed by atoms with Crippen LogP contribution in [0.15, 0.2) is 12.3 Å². The molecule has 1 fully saturated rings. The molecule has 10 nitrogen and oxygen atoms in total. The van der Waals surface area contributed by atoms with Gasteiger partial charge in [0.25, 0.3) is 0 Å². The fraction of sp³-hybridized carbons (Fsp3) is 0.273. The summed E-state index contributed by atoms with van der Waals surface area (Å²) >= 11 is 0. The third-order valence-corrected chi connectivity index (χ3v) is 3.07. The zero-order valence-electron chi connectivity index (χ0n) is 10.6. The van der Waals surface area contributed by atoms with Gasteiger partial charge in [-0.3, -0.25) is 24.6 Å². The number of amides is 2. The largest absolute Gasteiger partial charge is 0.478 e. The first-order valence-electron chi connectivity index (χ1n) is 5.78. The van der Waals surface area contributed by atoms with E-state index in [1.54, 1.807) is 0 Å². The van der Waals surface area contributed by atoms with Crippen LogP contribution in [-0.2, 0) is 9.59 Å². The summed E-state index contributed by atoms with van der Waals surface area (Å²) in [4.78, 5) is 48.6. The second-order valence-electron chi connectivity index (χ2n) is 4.44. The lowest BCUT2D eigenvalue weighted by Crippen LogP contribution is -2.29. The summed E-state index contributed by atoms with van der Waals surface area (Å²) in [5, 5.41) is 19.8. The van der Waals surface area contributed by atoms with Crippen LogP contribution in [0, 0.1) is 16.0 Å². The molecule has 1 aliphatic rings. The Balaban J connectivity index is 2.44. The molecule has 0 saturated carbocycles. The molecule has 1 aromatic rings.